The van der Waals surface area contributed by atoms with Gasteiger partial charge in [0.1, 0.15) is 13.2 Å². The van der Waals surface area contributed by atoms with Gasteiger partial charge in [0.05, 0.1) is 11.6 Å². The van der Waals surface area contributed by atoms with E-state index < -0.39 is 0 Å². The van der Waals surface area contributed by atoms with Gasteiger partial charge in [0.15, 0.2) is 11.5 Å². The van der Waals surface area contributed by atoms with Gasteiger partial charge in [-0.1, -0.05) is 24.3 Å². The number of rotatable bonds is 8. The fraction of sp³-hybridized carbons (Fsp3) is 0.250. The molecular formula is C24H25N3O3S. The first-order valence-corrected chi connectivity index (χ1v) is 11.1. The van der Waals surface area contributed by atoms with Gasteiger partial charge in [0.25, 0.3) is 0 Å². The molecule has 7 heteroatoms. The standard InChI is InChI=1S/C24H25N3O3S/c1-27(15-18-8-9-21-22(14-18)30-12-11-29-21)16-23(28)26-20-6-4-5-19(13-20)17-31-24-7-2-3-10-25-24/h2-10,13-14H,11-12,15-17H2,1H3,(H,26,28). The monoisotopic (exact) mass is 435 g/mol. The molecule has 6 nitrogen and oxygen atoms in total. The Kier molecular flexibility index (Phi) is 7.07. The van der Waals surface area contributed by atoms with Gasteiger partial charge < -0.3 is 14.8 Å². The number of likely N-dealkylation sites (N-methyl/N-ethyl adjacent to an activating group) is 1. The van der Waals surface area contributed by atoms with Crippen molar-refractivity contribution in [2.45, 2.75) is 17.3 Å². The van der Waals surface area contributed by atoms with E-state index in [1.165, 1.54) is 0 Å². The number of nitrogens with zero attached hydrogens (tertiary/aromatic N) is 2. The van der Waals surface area contributed by atoms with Crippen molar-refractivity contribution in [2.75, 3.05) is 32.1 Å². The molecule has 160 valence electrons. The topological polar surface area (TPSA) is 63.7 Å². The zero-order valence-electron chi connectivity index (χ0n) is 17.4. The Morgan fingerprint density at radius 1 is 1.03 bits per heavy atom. The average molecular weight is 436 g/mol. The third kappa shape index (κ3) is 6.23. The number of fused-ring (bicyclic) bond motifs is 1. The van der Waals surface area contributed by atoms with Gasteiger partial charge in [-0.05, 0) is 54.6 Å². The summed E-state index contributed by atoms with van der Waals surface area (Å²) in [6.07, 6.45) is 1.79. The van der Waals surface area contributed by atoms with Crippen molar-refractivity contribution in [1.82, 2.24) is 9.88 Å². The number of thioether (sulfide) groups is 1. The predicted molar refractivity (Wildman–Crippen MR) is 123 cm³/mol. The summed E-state index contributed by atoms with van der Waals surface area (Å²) in [5, 5.41) is 3.98. The van der Waals surface area contributed by atoms with Crippen LogP contribution in [0.15, 0.2) is 71.9 Å². The molecule has 0 radical (unpaired) electrons. The van der Waals surface area contributed by atoms with Crippen molar-refractivity contribution in [2.24, 2.45) is 0 Å². The lowest BCUT2D eigenvalue weighted by atomic mass is 10.2. The molecule has 2 aromatic carbocycles. The van der Waals surface area contributed by atoms with Crippen molar-refractivity contribution in [3.05, 3.63) is 78.0 Å². The van der Waals surface area contributed by atoms with E-state index in [-0.39, 0.29) is 5.91 Å². The first kappa shape index (κ1) is 21.2. The summed E-state index contributed by atoms with van der Waals surface area (Å²) in [6.45, 7) is 2.08. The molecule has 1 aliphatic heterocycles. The Hall–Kier alpha value is -3.03. The van der Waals surface area contributed by atoms with Gasteiger partial charge in [0.2, 0.25) is 5.91 Å². The molecule has 0 fully saturated rings. The maximum Gasteiger partial charge on any atom is 0.238 e. The van der Waals surface area contributed by atoms with Gasteiger partial charge in [-0.25, -0.2) is 4.98 Å². The number of carbonyl (C=O) groups excluding carboxylic acids is 1. The molecule has 3 aromatic rings. The second kappa shape index (κ2) is 10.3. The normalized spacial score (nSPS) is 12.6. The van der Waals surface area contributed by atoms with Gasteiger partial charge >= 0.3 is 0 Å². The summed E-state index contributed by atoms with van der Waals surface area (Å²) >= 11 is 1.67. The van der Waals surface area contributed by atoms with Crippen LogP contribution in [0.1, 0.15) is 11.1 Å². The van der Waals surface area contributed by atoms with E-state index >= 15 is 0 Å². The Labute approximate surface area is 186 Å². The lowest BCUT2D eigenvalue weighted by molar-refractivity contribution is -0.117. The molecule has 0 saturated heterocycles. The molecule has 0 aliphatic carbocycles. The Morgan fingerprint density at radius 3 is 2.74 bits per heavy atom. The van der Waals surface area contributed by atoms with E-state index in [0.29, 0.717) is 26.3 Å². The molecule has 0 spiro atoms. The van der Waals surface area contributed by atoms with Crippen LogP contribution in [0.25, 0.3) is 0 Å². The molecule has 1 N–H and O–H groups in total. The zero-order chi connectivity index (χ0) is 21.5. The van der Waals surface area contributed by atoms with Crippen molar-refractivity contribution in [3.8, 4) is 11.5 Å². The van der Waals surface area contributed by atoms with Crippen LogP contribution in [0, 0.1) is 0 Å². The van der Waals surface area contributed by atoms with Gasteiger partial charge in [-0.3, -0.25) is 9.69 Å². The highest BCUT2D eigenvalue weighted by atomic mass is 32.2. The van der Waals surface area contributed by atoms with Crippen molar-refractivity contribution >= 4 is 23.4 Å². The fourth-order valence-corrected chi connectivity index (χ4v) is 4.13. The number of benzene rings is 2. The summed E-state index contributed by atoms with van der Waals surface area (Å²) in [5.74, 6) is 2.29. The summed E-state index contributed by atoms with van der Waals surface area (Å²) in [4.78, 5) is 18.8. The molecule has 1 aliphatic rings. The number of nitrogens with one attached hydrogen (secondary N) is 1. The van der Waals surface area contributed by atoms with Crippen molar-refractivity contribution < 1.29 is 14.3 Å². The van der Waals surface area contributed by atoms with E-state index in [1.54, 1.807) is 18.0 Å². The highest BCUT2D eigenvalue weighted by Crippen LogP contribution is 2.31. The number of carbonyl (C=O) groups is 1. The zero-order valence-corrected chi connectivity index (χ0v) is 18.2. The van der Waals surface area contributed by atoms with Crippen LogP contribution in [-0.4, -0.2) is 42.6 Å². The van der Waals surface area contributed by atoms with Gasteiger partial charge in [0, 0.05) is 24.2 Å². The van der Waals surface area contributed by atoms with Gasteiger partial charge in [-0.15, -0.1) is 11.8 Å². The number of pyridine rings is 1. The molecule has 0 saturated carbocycles. The number of hydrogen-bond acceptors (Lipinski definition) is 6. The van der Waals surface area contributed by atoms with Crippen LogP contribution in [0.4, 0.5) is 5.69 Å². The van der Waals surface area contributed by atoms with Crippen LogP contribution in [0.3, 0.4) is 0 Å². The molecule has 1 aromatic heterocycles. The lowest BCUT2D eigenvalue weighted by Crippen LogP contribution is -2.29. The quantitative estimate of drug-likeness (QED) is 0.535. The average Bonchev–Trinajstić information content (AvgIpc) is 2.78. The van der Waals surface area contributed by atoms with E-state index in [0.717, 1.165) is 39.1 Å². The Bertz CT molecular complexity index is 1030. The second-order valence-electron chi connectivity index (χ2n) is 7.36. The van der Waals surface area contributed by atoms with E-state index in [4.69, 9.17) is 9.47 Å². The SMILES string of the molecule is CN(CC(=O)Nc1cccc(CSc2ccccn2)c1)Cc1ccc2c(c1)OCCO2. The summed E-state index contributed by atoms with van der Waals surface area (Å²) in [7, 11) is 1.93. The molecule has 31 heavy (non-hydrogen) atoms. The summed E-state index contributed by atoms with van der Waals surface area (Å²) in [6, 6.07) is 19.7. The Morgan fingerprint density at radius 2 is 1.90 bits per heavy atom. The molecule has 2 heterocycles. The molecule has 0 bridgehead atoms. The highest BCUT2D eigenvalue weighted by molar-refractivity contribution is 7.98. The minimum Gasteiger partial charge on any atom is -0.486 e. The van der Waals surface area contributed by atoms with Crippen LogP contribution in [0.5, 0.6) is 11.5 Å². The minimum absolute atomic E-state index is 0.0467. The summed E-state index contributed by atoms with van der Waals surface area (Å²) < 4.78 is 11.2. The van der Waals surface area contributed by atoms with Crippen molar-refractivity contribution in [3.63, 3.8) is 0 Å². The number of hydrogen-bond donors (Lipinski definition) is 1. The maximum atomic E-state index is 12.5. The molecular weight excluding hydrogens is 410 g/mol. The third-order valence-corrected chi connectivity index (χ3v) is 5.72. The largest absolute Gasteiger partial charge is 0.486 e. The van der Waals surface area contributed by atoms with Crippen molar-refractivity contribution in [1.29, 1.82) is 0 Å². The minimum atomic E-state index is -0.0467. The Balaban J connectivity index is 1.28. The first-order chi connectivity index (χ1) is 15.2. The number of anilines is 1. The van der Waals surface area contributed by atoms with Crippen LogP contribution in [-0.2, 0) is 17.1 Å². The lowest BCUT2D eigenvalue weighted by Gasteiger charge is -2.21. The van der Waals surface area contributed by atoms with Crippen LogP contribution < -0.4 is 14.8 Å². The first-order valence-electron chi connectivity index (χ1n) is 10.2. The third-order valence-electron chi connectivity index (χ3n) is 4.71. The number of amides is 1. The van der Waals surface area contributed by atoms with E-state index in [2.05, 4.69) is 16.4 Å². The van der Waals surface area contributed by atoms with Gasteiger partial charge in [-0.2, -0.15) is 0 Å². The smallest absolute Gasteiger partial charge is 0.238 e. The maximum absolute atomic E-state index is 12.5. The number of ether oxygens (including phenoxy) is 2. The molecule has 0 unspecified atom stereocenters. The van der Waals surface area contributed by atoms with Crippen LogP contribution in [0.2, 0.25) is 0 Å². The highest BCUT2D eigenvalue weighted by Gasteiger charge is 2.13. The van der Waals surface area contributed by atoms with E-state index in [9.17, 15) is 4.79 Å². The summed E-state index contributed by atoms with van der Waals surface area (Å²) in [5.41, 5.74) is 3.02. The predicted octanol–water partition coefficient (Wildman–Crippen LogP) is 4.22. The fourth-order valence-electron chi connectivity index (χ4n) is 3.33. The van der Waals surface area contributed by atoms with Crippen LogP contribution >= 0.6 is 11.8 Å². The number of aromatic nitrogens is 1. The van der Waals surface area contributed by atoms with E-state index in [1.807, 2.05) is 66.5 Å². The molecule has 1 amide bonds. The molecule has 0 atom stereocenters. The molecule has 4 rings (SSSR count). The second-order valence-corrected chi connectivity index (χ2v) is 8.35.